The molecule has 3 rings (SSSR count). The molecule has 0 saturated carbocycles. The van der Waals surface area contributed by atoms with Crippen molar-refractivity contribution in [2.75, 3.05) is 0 Å². The van der Waals surface area contributed by atoms with Gasteiger partial charge >= 0.3 is 0 Å². The van der Waals surface area contributed by atoms with Crippen LogP contribution in [0.3, 0.4) is 0 Å². The highest BCUT2D eigenvalue weighted by atomic mass is 14.9. The molecule has 0 aromatic carbocycles. The van der Waals surface area contributed by atoms with E-state index in [1.807, 2.05) is 0 Å². The summed E-state index contributed by atoms with van der Waals surface area (Å²) in [4.78, 5) is 10.0. The van der Waals surface area contributed by atoms with E-state index in [9.17, 15) is 0 Å². The van der Waals surface area contributed by atoms with Crippen molar-refractivity contribution in [1.29, 1.82) is 0 Å². The fourth-order valence-corrected chi connectivity index (χ4v) is 4.10. The zero-order valence-electron chi connectivity index (χ0n) is 16.1. The maximum Gasteiger partial charge on any atom is 0.0507 e. The largest absolute Gasteiger partial charge is 0.256 e. The number of allylic oxidation sites excluding steroid dienone is 5. The third-order valence-corrected chi connectivity index (χ3v) is 5.43. The molecule has 0 spiro atoms. The molecule has 0 fully saturated rings. The molecule has 2 heterocycles. The van der Waals surface area contributed by atoms with Crippen LogP contribution in [0.4, 0.5) is 0 Å². The summed E-state index contributed by atoms with van der Waals surface area (Å²) in [7, 11) is 0. The molecule has 0 atom stereocenters. The summed E-state index contributed by atoms with van der Waals surface area (Å²) < 4.78 is 0. The maximum atomic E-state index is 5.08. The molecule has 0 radical (unpaired) electrons. The molecule has 0 saturated heterocycles. The van der Waals surface area contributed by atoms with Gasteiger partial charge in [0.15, 0.2) is 0 Å². The summed E-state index contributed by atoms with van der Waals surface area (Å²) in [5.74, 6) is 0.899. The number of rotatable bonds is 4. The first-order valence-corrected chi connectivity index (χ1v) is 9.42. The molecule has 0 aromatic rings. The minimum atomic E-state index is 0.435. The number of hydrogen-bond donors (Lipinski definition) is 0. The van der Waals surface area contributed by atoms with Crippen LogP contribution < -0.4 is 0 Å². The van der Waals surface area contributed by atoms with Crippen LogP contribution in [0.1, 0.15) is 67.2 Å². The van der Waals surface area contributed by atoms with E-state index in [4.69, 9.17) is 9.98 Å². The predicted molar refractivity (Wildman–Crippen MR) is 105 cm³/mol. The van der Waals surface area contributed by atoms with E-state index in [0.717, 1.165) is 31.3 Å². The summed E-state index contributed by atoms with van der Waals surface area (Å²) in [5, 5.41) is 0. The first kappa shape index (κ1) is 17.1. The van der Waals surface area contributed by atoms with Gasteiger partial charge in [0.25, 0.3) is 0 Å². The Morgan fingerprint density at radius 2 is 1.38 bits per heavy atom. The van der Waals surface area contributed by atoms with Crippen LogP contribution in [0.5, 0.6) is 0 Å². The summed E-state index contributed by atoms with van der Waals surface area (Å²) in [5.41, 5.74) is 11.9. The Labute approximate surface area is 146 Å². The van der Waals surface area contributed by atoms with Crippen molar-refractivity contribution in [3.63, 3.8) is 0 Å². The first-order chi connectivity index (χ1) is 11.4. The lowest BCUT2D eigenvalue weighted by Gasteiger charge is -2.19. The van der Waals surface area contributed by atoms with Crippen LogP contribution in [0.15, 0.2) is 55.8 Å². The molecule has 0 N–H and O–H groups in total. The lowest BCUT2D eigenvalue weighted by atomic mass is 9.83. The van der Waals surface area contributed by atoms with Gasteiger partial charge in [-0.2, -0.15) is 0 Å². The summed E-state index contributed by atoms with van der Waals surface area (Å²) in [6.07, 6.45) is 4.04. The van der Waals surface area contributed by atoms with Crippen molar-refractivity contribution >= 4 is 11.4 Å². The standard InChI is InChI=1S/C22H30N2/c1-8-15(9-2)20-17-11-18-16(14(7)21(23-18)12(3)4)10-19(17)24-22(20)13(5)6/h12-13H,7-11H2,1-6H3. The minimum absolute atomic E-state index is 0.435. The highest BCUT2D eigenvalue weighted by molar-refractivity contribution is 6.11. The Bertz CT molecular complexity index is 743. The van der Waals surface area contributed by atoms with Crippen LogP contribution in [0, 0.1) is 11.8 Å². The smallest absolute Gasteiger partial charge is 0.0507 e. The molecule has 0 unspecified atom stereocenters. The topological polar surface area (TPSA) is 24.7 Å². The molecule has 0 aromatic heterocycles. The van der Waals surface area contributed by atoms with Crippen molar-refractivity contribution in [1.82, 2.24) is 0 Å². The van der Waals surface area contributed by atoms with Crippen molar-refractivity contribution in [3.05, 3.63) is 45.8 Å². The van der Waals surface area contributed by atoms with Crippen molar-refractivity contribution in [2.45, 2.75) is 67.2 Å². The average Bonchev–Trinajstić information content (AvgIpc) is 3.06. The van der Waals surface area contributed by atoms with Gasteiger partial charge < -0.3 is 0 Å². The Morgan fingerprint density at radius 1 is 0.875 bits per heavy atom. The molecule has 2 nitrogen and oxygen atoms in total. The van der Waals surface area contributed by atoms with Gasteiger partial charge in [0.1, 0.15) is 0 Å². The van der Waals surface area contributed by atoms with Gasteiger partial charge in [-0.25, -0.2) is 0 Å². The zero-order chi connectivity index (χ0) is 17.6. The lowest BCUT2D eigenvalue weighted by Crippen LogP contribution is -2.12. The van der Waals surface area contributed by atoms with E-state index in [1.54, 1.807) is 5.57 Å². The molecule has 1 aliphatic carbocycles. The van der Waals surface area contributed by atoms with E-state index >= 15 is 0 Å². The lowest BCUT2D eigenvalue weighted by molar-refractivity contribution is 0.874. The molecule has 0 bridgehead atoms. The molecule has 2 aliphatic heterocycles. The highest BCUT2D eigenvalue weighted by Crippen LogP contribution is 2.47. The second-order valence-corrected chi connectivity index (χ2v) is 7.67. The van der Waals surface area contributed by atoms with E-state index < -0.39 is 0 Å². The fourth-order valence-electron chi connectivity index (χ4n) is 4.10. The monoisotopic (exact) mass is 322 g/mol. The highest BCUT2D eigenvalue weighted by Gasteiger charge is 2.35. The fraction of sp³-hybridized carbons (Fsp3) is 0.545. The van der Waals surface area contributed by atoms with Crippen LogP contribution >= 0.6 is 0 Å². The third-order valence-electron chi connectivity index (χ3n) is 5.43. The Kier molecular flexibility index (Phi) is 4.50. The summed E-state index contributed by atoms with van der Waals surface area (Å²) in [6, 6.07) is 0. The van der Waals surface area contributed by atoms with Gasteiger partial charge in [-0.1, -0.05) is 53.7 Å². The van der Waals surface area contributed by atoms with Crippen molar-refractivity contribution in [3.8, 4) is 0 Å². The van der Waals surface area contributed by atoms with Crippen LogP contribution in [0.2, 0.25) is 0 Å². The van der Waals surface area contributed by atoms with Crippen molar-refractivity contribution in [2.24, 2.45) is 21.8 Å². The second-order valence-electron chi connectivity index (χ2n) is 7.67. The molecule has 0 amide bonds. The van der Waals surface area contributed by atoms with Gasteiger partial charge in [-0.3, -0.25) is 9.98 Å². The maximum absolute atomic E-state index is 5.08. The van der Waals surface area contributed by atoms with Crippen molar-refractivity contribution < 1.29 is 0 Å². The Hall–Kier alpha value is -1.70. The summed E-state index contributed by atoms with van der Waals surface area (Å²) in [6.45, 7) is 17.8. The number of aliphatic imine (C=N–C) groups is 2. The molecule has 24 heavy (non-hydrogen) atoms. The molecular weight excluding hydrogens is 292 g/mol. The number of hydrogen-bond acceptors (Lipinski definition) is 2. The Morgan fingerprint density at radius 3 is 1.92 bits per heavy atom. The van der Waals surface area contributed by atoms with Gasteiger partial charge in [0.05, 0.1) is 11.4 Å². The first-order valence-electron chi connectivity index (χ1n) is 9.42. The zero-order valence-corrected chi connectivity index (χ0v) is 16.1. The second kappa shape index (κ2) is 6.31. The van der Waals surface area contributed by atoms with Gasteiger partial charge in [0, 0.05) is 29.8 Å². The van der Waals surface area contributed by atoms with E-state index in [1.165, 1.54) is 39.5 Å². The third kappa shape index (κ3) is 2.56. The summed E-state index contributed by atoms with van der Waals surface area (Å²) >= 11 is 0. The van der Waals surface area contributed by atoms with Crippen LogP contribution in [-0.2, 0) is 0 Å². The molecule has 2 heteroatoms. The Balaban J connectivity index is 2.02. The number of nitrogens with zero attached hydrogens (tertiary/aromatic N) is 2. The molecule has 128 valence electrons. The predicted octanol–water partition coefficient (Wildman–Crippen LogP) is 6.18. The normalized spacial score (nSPS) is 20.2. The van der Waals surface area contributed by atoms with E-state index in [-0.39, 0.29) is 0 Å². The molecular formula is C22H30N2. The van der Waals surface area contributed by atoms with Crippen LogP contribution in [-0.4, -0.2) is 11.4 Å². The molecule has 3 aliphatic rings. The SMILES string of the molecule is C=C1C(C(C)C)=NC2=C1CC1=C(C2)C(=C(CC)CC)C(C(C)C)=N1. The van der Waals surface area contributed by atoms with Crippen LogP contribution in [0.25, 0.3) is 0 Å². The minimum Gasteiger partial charge on any atom is -0.256 e. The van der Waals surface area contributed by atoms with Gasteiger partial charge in [-0.15, -0.1) is 0 Å². The van der Waals surface area contributed by atoms with Gasteiger partial charge in [-0.05, 0) is 41.4 Å². The van der Waals surface area contributed by atoms with E-state index in [0.29, 0.717) is 11.8 Å². The quantitative estimate of drug-likeness (QED) is 0.590. The van der Waals surface area contributed by atoms with E-state index in [2.05, 4.69) is 48.1 Å². The average molecular weight is 322 g/mol. The van der Waals surface area contributed by atoms with Gasteiger partial charge in [0.2, 0.25) is 0 Å².